The Labute approximate surface area is 110 Å². The number of rotatable bonds is 4. The summed E-state index contributed by atoms with van der Waals surface area (Å²) in [6, 6.07) is 15.8. The van der Waals surface area contributed by atoms with Crippen molar-refractivity contribution in [2.45, 2.75) is 13.0 Å². The molecule has 1 aromatic carbocycles. The van der Waals surface area contributed by atoms with Crippen LogP contribution in [0.25, 0.3) is 11.4 Å². The van der Waals surface area contributed by atoms with E-state index in [0.717, 1.165) is 23.5 Å². The summed E-state index contributed by atoms with van der Waals surface area (Å²) in [7, 11) is 0. The van der Waals surface area contributed by atoms with Crippen molar-refractivity contribution in [1.29, 1.82) is 0 Å². The van der Waals surface area contributed by atoms with Gasteiger partial charge >= 0.3 is 0 Å². The van der Waals surface area contributed by atoms with E-state index in [2.05, 4.69) is 20.5 Å². The summed E-state index contributed by atoms with van der Waals surface area (Å²) in [5.41, 5.74) is 2.06. The maximum absolute atomic E-state index is 4.30. The van der Waals surface area contributed by atoms with Crippen molar-refractivity contribution in [2.75, 3.05) is 0 Å². The molecule has 0 aliphatic carbocycles. The molecule has 5 heteroatoms. The number of aryl methyl sites for hydroxylation is 2. The van der Waals surface area contributed by atoms with E-state index < -0.39 is 0 Å². The second kappa shape index (κ2) is 5.39. The van der Waals surface area contributed by atoms with Gasteiger partial charge in [0, 0.05) is 23.9 Å². The Bertz CT molecular complexity index is 633. The molecule has 19 heavy (non-hydrogen) atoms. The molecule has 0 radical (unpaired) electrons. The lowest BCUT2D eigenvalue weighted by Crippen LogP contribution is -2.06. The predicted molar refractivity (Wildman–Crippen MR) is 71.2 cm³/mol. The molecule has 5 nitrogen and oxygen atoms in total. The fourth-order valence-electron chi connectivity index (χ4n) is 1.92. The van der Waals surface area contributed by atoms with Gasteiger partial charge in [0.15, 0.2) is 5.82 Å². The molecular weight excluding hydrogens is 238 g/mol. The first-order chi connectivity index (χ1) is 9.43. The highest BCUT2D eigenvalue weighted by Crippen LogP contribution is 2.14. The van der Waals surface area contributed by atoms with E-state index in [4.69, 9.17) is 0 Å². The first-order valence-electron chi connectivity index (χ1n) is 6.15. The first kappa shape index (κ1) is 11.5. The Hall–Kier alpha value is -2.56. The molecule has 0 unspecified atom stereocenters. The number of benzene rings is 1. The fourth-order valence-corrected chi connectivity index (χ4v) is 1.92. The largest absolute Gasteiger partial charge is 0.261 e. The number of pyridine rings is 1. The van der Waals surface area contributed by atoms with Gasteiger partial charge in [-0.25, -0.2) is 4.68 Å². The normalized spacial score (nSPS) is 10.5. The standard InChI is InChI=1S/C14H13N5/c1-2-6-12(7-3-1)14-16-17-18-19(14)11-9-13-8-4-5-10-15-13/h1-8,10H,9,11H2. The zero-order valence-electron chi connectivity index (χ0n) is 10.3. The van der Waals surface area contributed by atoms with Crippen molar-refractivity contribution >= 4 is 0 Å². The molecule has 0 spiro atoms. The van der Waals surface area contributed by atoms with E-state index in [1.54, 1.807) is 6.20 Å². The number of hydrogen-bond acceptors (Lipinski definition) is 4. The minimum atomic E-state index is 0.717. The summed E-state index contributed by atoms with van der Waals surface area (Å²) in [6.07, 6.45) is 2.61. The van der Waals surface area contributed by atoms with Crippen molar-refractivity contribution in [2.24, 2.45) is 0 Å². The molecule has 0 N–H and O–H groups in total. The topological polar surface area (TPSA) is 56.5 Å². The van der Waals surface area contributed by atoms with Gasteiger partial charge in [-0.15, -0.1) is 5.10 Å². The molecule has 2 heterocycles. The third kappa shape index (κ3) is 2.65. The summed E-state index contributed by atoms with van der Waals surface area (Å²) < 4.78 is 1.81. The lowest BCUT2D eigenvalue weighted by atomic mass is 10.2. The van der Waals surface area contributed by atoms with E-state index in [9.17, 15) is 0 Å². The van der Waals surface area contributed by atoms with E-state index in [1.165, 1.54) is 0 Å². The first-order valence-corrected chi connectivity index (χ1v) is 6.15. The van der Waals surface area contributed by atoms with Gasteiger partial charge in [-0.2, -0.15) is 0 Å². The SMILES string of the molecule is c1ccc(-c2nnnn2CCc2ccccn2)cc1. The van der Waals surface area contributed by atoms with Crippen LogP contribution >= 0.6 is 0 Å². The molecule has 0 aliphatic rings. The molecule has 2 aromatic heterocycles. The van der Waals surface area contributed by atoms with Crippen LogP contribution in [0.15, 0.2) is 54.7 Å². The van der Waals surface area contributed by atoms with Gasteiger partial charge in [0.05, 0.1) is 6.54 Å². The third-order valence-corrected chi connectivity index (χ3v) is 2.87. The van der Waals surface area contributed by atoms with Crippen molar-refractivity contribution in [3.63, 3.8) is 0 Å². The van der Waals surface area contributed by atoms with Crippen LogP contribution in [-0.4, -0.2) is 25.2 Å². The van der Waals surface area contributed by atoms with E-state index >= 15 is 0 Å². The number of hydrogen-bond donors (Lipinski definition) is 0. The average Bonchev–Trinajstić information content (AvgIpc) is 2.95. The fraction of sp³-hybridized carbons (Fsp3) is 0.143. The van der Waals surface area contributed by atoms with Crippen LogP contribution in [0.1, 0.15) is 5.69 Å². The molecule has 3 aromatic rings. The van der Waals surface area contributed by atoms with Crippen LogP contribution < -0.4 is 0 Å². The lowest BCUT2D eigenvalue weighted by Gasteiger charge is -2.04. The smallest absolute Gasteiger partial charge is 0.182 e. The highest BCUT2D eigenvalue weighted by molar-refractivity contribution is 5.53. The van der Waals surface area contributed by atoms with Gasteiger partial charge in [0.1, 0.15) is 0 Å². The highest BCUT2D eigenvalue weighted by atomic mass is 15.5. The Kier molecular flexibility index (Phi) is 3.27. The highest BCUT2D eigenvalue weighted by Gasteiger charge is 2.08. The second-order valence-corrected chi connectivity index (χ2v) is 4.16. The Morgan fingerprint density at radius 2 is 1.79 bits per heavy atom. The molecule has 94 valence electrons. The molecule has 0 saturated heterocycles. The minimum Gasteiger partial charge on any atom is -0.261 e. The van der Waals surface area contributed by atoms with Crippen molar-refractivity contribution in [3.8, 4) is 11.4 Å². The van der Waals surface area contributed by atoms with Crippen LogP contribution in [-0.2, 0) is 13.0 Å². The monoisotopic (exact) mass is 251 g/mol. The average molecular weight is 251 g/mol. The number of nitrogens with zero attached hydrogens (tertiary/aromatic N) is 5. The molecule has 0 saturated carbocycles. The Morgan fingerprint density at radius 3 is 2.58 bits per heavy atom. The van der Waals surface area contributed by atoms with Crippen molar-refractivity contribution in [1.82, 2.24) is 25.2 Å². The third-order valence-electron chi connectivity index (χ3n) is 2.87. The summed E-state index contributed by atoms with van der Waals surface area (Å²) in [5.74, 6) is 0.788. The lowest BCUT2D eigenvalue weighted by molar-refractivity contribution is 0.588. The molecule has 0 amide bonds. The maximum atomic E-state index is 4.30. The summed E-state index contributed by atoms with van der Waals surface area (Å²) in [4.78, 5) is 4.30. The second-order valence-electron chi connectivity index (χ2n) is 4.16. The molecule has 0 aliphatic heterocycles. The van der Waals surface area contributed by atoms with Gasteiger partial charge in [-0.05, 0) is 22.6 Å². The van der Waals surface area contributed by atoms with Crippen molar-refractivity contribution in [3.05, 3.63) is 60.4 Å². The summed E-state index contributed by atoms with van der Waals surface area (Å²) in [6.45, 7) is 0.717. The molecule has 0 bridgehead atoms. The van der Waals surface area contributed by atoms with Gasteiger partial charge in [0.25, 0.3) is 0 Å². The summed E-state index contributed by atoms with van der Waals surface area (Å²) in [5, 5.41) is 11.9. The zero-order valence-corrected chi connectivity index (χ0v) is 10.3. The molecule has 0 fully saturated rings. The van der Waals surface area contributed by atoms with Gasteiger partial charge in [0.2, 0.25) is 0 Å². The van der Waals surface area contributed by atoms with Crippen LogP contribution in [0.4, 0.5) is 0 Å². The molecule has 0 atom stereocenters. The summed E-state index contributed by atoms with van der Waals surface area (Å²) >= 11 is 0. The Balaban J connectivity index is 1.78. The van der Waals surface area contributed by atoms with E-state index in [-0.39, 0.29) is 0 Å². The van der Waals surface area contributed by atoms with Gasteiger partial charge < -0.3 is 0 Å². The number of tetrazole rings is 1. The van der Waals surface area contributed by atoms with E-state index in [1.807, 2.05) is 53.2 Å². The van der Waals surface area contributed by atoms with Crippen LogP contribution in [0.3, 0.4) is 0 Å². The van der Waals surface area contributed by atoms with Gasteiger partial charge in [-0.3, -0.25) is 4.98 Å². The molecule has 3 rings (SSSR count). The van der Waals surface area contributed by atoms with Crippen LogP contribution in [0.5, 0.6) is 0 Å². The predicted octanol–water partition coefficient (Wildman–Crippen LogP) is 1.98. The molecular formula is C14H13N5. The number of aromatic nitrogens is 5. The van der Waals surface area contributed by atoms with Crippen LogP contribution in [0.2, 0.25) is 0 Å². The minimum absolute atomic E-state index is 0.717. The van der Waals surface area contributed by atoms with Gasteiger partial charge in [-0.1, -0.05) is 36.4 Å². The quantitative estimate of drug-likeness (QED) is 0.711. The Morgan fingerprint density at radius 1 is 0.947 bits per heavy atom. The van der Waals surface area contributed by atoms with Crippen LogP contribution in [0, 0.1) is 0 Å². The van der Waals surface area contributed by atoms with E-state index in [0.29, 0.717) is 6.54 Å². The zero-order chi connectivity index (χ0) is 12.9. The van der Waals surface area contributed by atoms with Crippen molar-refractivity contribution < 1.29 is 0 Å². The maximum Gasteiger partial charge on any atom is 0.182 e.